The summed E-state index contributed by atoms with van der Waals surface area (Å²) in [6.07, 6.45) is 9.37. The van der Waals surface area contributed by atoms with Gasteiger partial charge in [0.15, 0.2) is 0 Å². The van der Waals surface area contributed by atoms with Crippen molar-refractivity contribution in [2.24, 2.45) is 17.1 Å². The molecule has 100 valence electrons. The van der Waals surface area contributed by atoms with Crippen LogP contribution in [0.3, 0.4) is 0 Å². The summed E-state index contributed by atoms with van der Waals surface area (Å²) in [4.78, 5) is 4.42. The van der Waals surface area contributed by atoms with Crippen LogP contribution in [0.25, 0.3) is 0 Å². The van der Waals surface area contributed by atoms with Crippen LogP contribution in [0, 0.1) is 11.3 Å². The minimum Gasteiger partial charge on any atom is -0.327 e. The Kier molecular flexibility index (Phi) is 4.39. The summed E-state index contributed by atoms with van der Waals surface area (Å²) >= 11 is 0. The quantitative estimate of drug-likeness (QED) is 0.862. The fraction of sp³-hybridized carbons (Fsp3) is 0.688. The number of rotatable bonds is 5. The zero-order valence-electron chi connectivity index (χ0n) is 11.7. The van der Waals surface area contributed by atoms with Gasteiger partial charge in [-0.15, -0.1) is 0 Å². The third-order valence-corrected chi connectivity index (χ3v) is 4.36. The summed E-state index contributed by atoms with van der Waals surface area (Å²) in [5.74, 6) is 0.734. The second kappa shape index (κ2) is 5.83. The van der Waals surface area contributed by atoms with Crippen LogP contribution in [0.15, 0.2) is 24.4 Å². The third-order valence-electron chi connectivity index (χ3n) is 4.36. The van der Waals surface area contributed by atoms with Crippen molar-refractivity contribution in [1.82, 2.24) is 4.98 Å². The van der Waals surface area contributed by atoms with E-state index in [1.165, 1.54) is 32.1 Å². The van der Waals surface area contributed by atoms with Crippen LogP contribution >= 0.6 is 0 Å². The minimum atomic E-state index is 0.261. The van der Waals surface area contributed by atoms with Crippen LogP contribution in [0.4, 0.5) is 0 Å². The molecule has 0 bridgehead atoms. The lowest BCUT2D eigenvalue weighted by atomic mass is 9.71. The second-order valence-corrected chi connectivity index (χ2v) is 6.30. The Morgan fingerprint density at radius 3 is 2.56 bits per heavy atom. The molecule has 0 spiro atoms. The Hall–Kier alpha value is -0.890. The summed E-state index contributed by atoms with van der Waals surface area (Å²) in [5.41, 5.74) is 8.06. The Labute approximate surface area is 111 Å². The van der Waals surface area contributed by atoms with Gasteiger partial charge in [-0.1, -0.05) is 32.8 Å². The fourth-order valence-corrected chi connectivity index (χ4v) is 3.58. The molecule has 1 aliphatic carbocycles. The topological polar surface area (TPSA) is 38.9 Å². The van der Waals surface area contributed by atoms with E-state index >= 15 is 0 Å². The summed E-state index contributed by atoms with van der Waals surface area (Å²) in [6.45, 7) is 4.63. The molecule has 1 aromatic rings. The third kappa shape index (κ3) is 3.11. The summed E-state index contributed by atoms with van der Waals surface area (Å²) < 4.78 is 0. The number of nitrogens with two attached hydrogens (primary N) is 1. The van der Waals surface area contributed by atoms with Crippen LogP contribution in [-0.2, 0) is 6.42 Å². The van der Waals surface area contributed by atoms with Crippen molar-refractivity contribution in [1.29, 1.82) is 0 Å². The first kappa shape index (κ1) is 13.5. The van der Waals surface area contributed by atoms with Gasteiger partial charge >= 0.3 is 0 Å². The van der Waals surface area contributed by atoms with Crippen LogP contribution in [0.1, 0.15) is 51.6 Å². The van der Waals surface area contributed by atoms with Crippen molar-refractivity contribution in [2.75, 3.05) is 0 Å². The Morgan fingerprint density at radius 1 is 1.28 bits per heavy atom. The molecule has 1 aliphatic rings. The molecule has 1 saturated carbocycles. The van der Waals surface area contributed by atoms with E-state index < -0.39 is 0 Å². The molecule has 1 unspecified atom stereocenters. The standard InChI is InChI=1S/C16H26N2/c1-13(2)12-16(8-4-5-9-16)15(17)11-14-7-3-6-10-18-14/h3,6-7,10,13,15H,4-5,8-9,11-12,17H2,1-2H3. The van der Waals surface area contributed by atoms with Gasteiger partial charge in [0.05, 0.1) is 0 Å². The van der Waals surface area contributed by atoms with Crippen LogP contribution < -0.4 is 5.73 Å². The van der Waals surface area contributed by atoms with E-state index in [0.29, 0.717) is 5.41 Å². The van der Waals surface area contributed by atoms with Crippen molar-refractivity contribution in [2.45, 2.75) is 58.4 Å². The van der Waals surface area contributed by atoms with E-state index in [2.05, 4.69) is 31.0 Å². The average molecular weight is 246 g/mol. The molecule has 0 radical (unpaired) electrons. The summed E-state index contributed by atoms with van der Waals surface area (Å²) in [7, 11) is 0. The normalized spacial score (nSPS) is 20.2. The van der Waals surface area contributed by atoms with Gasteiger partial charge in [-0.3, -0.25) is 4.98 Å². The Bertz CT molecular complexity index is 353. The van der Waals surface area contributed by atoms with Gasteiger partial charge < -0.3 is 5.73 Å². The van der Waals surface area contributed by atoms with E-state index in [4.69, 9.17) is 5.73 Å². The lowest BCUT2D eigenvalue weighted by molar-refractivity contribution is 0.181. The zero-order valence-corrected chi connectivity index (χ0v) is 11.7. The van der Waals surface area contributed by atoms with Gasteiger partial charge in [0.2, 0.25) is 0 Å². The minimum absolute atomic E-state index is 0.261. The molecule has 2 heteroatoms. The molecular formula is C16H26N2. The molecular weight excluding hydrogens is 220 g/mol. The van der Waals surface area contributed by atoms with E-state index in [0.717, 1.165) is 18.0 Å². The molecule has 2 N–H and O–H groups in total. The average Bonchev–Trinajstić information content (AvgIpc) is 2.79. The van der Waals surface area contributed by atoms with Gasteiger partial charge in [-0.25, -0.2) is 0 Å². The van der Waals surface area contributed by atoms with Gasteiger partial charge in [-0.05, 0) is 42.7 Å². The largest absolute Gasteiger partial charge is 0.327 e. The maximum atomic E-state index is 6.55. The number of hydrogen-bond donors (Lipinski definition) is 1. The first-order chi connectivity index (χ1) is 8.62. The molecule has 0 amide bonds. The monoisotopic (exact) mass is 246 g/mol. The molecule has 1 atom stereocenters. The summed E-state index contributed by atoms with van der Waals surface area (Å²) in [5, 5.41) is 0. The lowest BCUT2D eigenvalue weighted by Crippen LogP contribution is -2.42. The molecule has 1 fully saturated rings. The SMILES string of the molecule is CC(C)CC1(C(N)Cc2ccccn2)CCCC1. The predicted octanol–water partition coefficient (Wildman–Crippen LogP) is 3.56. The lowest BCUT2D eigenvalue weighted by Gasteiger charge is -2.37. The highest BCUT2D eigenvalue weighted by Crippen LogP contribution is 2.45. The number of nitrogens with zero attached hydrogens (tertiary/aromatic N) is 1. The van der Waals surface area contributed by atoms with Crippen molar-refractivity contribution in [3.05, 3.63) is 30.1 Å². The highest BCUT2D eigenvalue weighted by atomic mass is 14.7. The molecule has 0 aromatic carbocycles. The van der Waals surface area contributed by atoms with Crippen LogP contribution in [0.2, 0.25) is 0 Å². The molecule has 18 heavy (non-hydrogen) atoms. The van der Waals surface area contributed by atoms with Crippen molar-refractivity contribution in [3.63, 3.8) is 0 Å². The first-order valence-corrected chi connectivity index (χ1v) is 7.28. The predicted molar refractivity (Wildman–Crippen MR) is 76.3 cm³/mol. The van der Waals surface area contributed by atoms with Gasteiger partial charge in [-0.2, -0.15) is 0 Å². The second-order valence-electron chi connectivity index (χ2n) is 6.30. The molecule has 2 nitrogen and oxygen atoms in total. The molecule has 0 aliphatic heterocycles. The van der Waals surface area contributed by atoms with E-state index in [1.54, 1.807) is 0 Å². The maximum absolute atomic E-state index is 6.55. The number of hydrogen-bond acceptors (Lipinski definition) is 2. The zero-order chi connectivity index (χ0) is 13.0. The smallest absolute Gasteiger partial charge is 0.0419 e. The summed E-state index contributed by atoms with van der Waals surface area (Å²) in [6, 6.07) is 6.38. The van der Waals surface area contributed by atoms with Crippen LogP contribution in [-0.4, -0.2) is 11.0 Å². The van der Waals surface area contributed by atoms with E-state index in [9.17, 15) is 0 Å². The van der Waals surface area contributed by atoms with Crippen molar-refractivity contribution < 1.29 is 0 Å². The molecule has 2 rings (SSSR count). The fourth-order valence-electron chi connectivity index (χ4n) is 3.58. The van der Waals surface area contributed by atoms with Gasteiger partial charge in [0.25, 0.3) is 0 Å². The number of aromatic nitrogens is 1. The van der Waals surface area contributed by atoms with E-state index in [1.807, 2.05) is 12.3 Å². The molecule has 1 aromatic heterocycles. The first-order valence-electron chi connectivity index (χ1n) is 7.28. The van der Waals surface area contributed by atoms with Crippen molar-refractivity contribution in [3.8, 4) is 0 Å². The van der Waals surface area contributed by atoms with Crippen molar-refractivity contribution >= 4 is 0 Å². The highest BCUT2D eigenvalue weighted by Gasteiger charge is 2.39. The van der Waals surface area contributed by atoms with E-state index in [-0.39, 0.29) is 6.04 Å². The number of pyridine rings is 1. The molecule has 1 heterocycles. The maximum Gasteiger partial charge on any atom is 0.0419 e. The molecule has 0 saturated heterocycles. The van der Waals surface area contributed by atoms with Gasteiger partial charge in [0, 0.05) is 24.4 Å². The Balaban J connectivity index is 2.06. The Morgan fingerprint density at radius 2 is 2.00 bits per heavy atom. The van der Waals surface area contributed by atoms with Gasteiger partial charge in [0.1, 0.15) is 0 Å². The van der Waals surface area contributed by atoms with Crippen LogP contribution in [0.5, 0.6) is 0 Å². The highest BCUT2D eigenvalue weighted by molar-refractivity contribution is 5.08.